The van der Waals surface area contributed by atoms with E-state index in [1.807, 2.05) is 50.2 Å². The molecule has 0 saturated heterocycles. The number of rotatable bonds is 7. The van der Waals surface area contributed by atoms with Crippen molar-refractivity contribution in [3.05, 3.63) is 84.2 Å². The molecular formula is C28H26N4O2. The van der Waals surface area contributed by atoms with Crippen LogP contribution in [0.25, 0.3) is 46.3 Å². The minimum Gasteiger partial charge on any atom is -0.497 e. The molecule has 0 bridgehead atoms. The summed E-state index contributed by atoms with van der Waals surface area (Å²) in [5, 5.41) is 0. The number of pyridine rings is 4. The molecule has 0 saturated carbocycles. The predicted octanol–water partition coefficient (Wildman–Crippen LogP) is 6.19. The van der Waals surface area contributed by atoms with E-state index < -0.39 is 0 Å². The van der Waals surface area contributed by atoms with Crippen LogP contribution < -0.4 is 9.47 Å². The van der Waals surface area contributed by atoms with Crippen molar-refractivity contribution >= 4 is 12.2 Å². The molecule has 0 aliphatic rings. The average molecular weight is 451 g/mol. The summed E-state index contributed by atoms with van der Waals surface area (Å²) in [6.07, 6.45) is 7.10. The van der Waals surface area contributed by atoms with Gasteiger partial charge in [0.1, 0.15) is 11.5 Å². The zero-order chi connectivity index (χ0) is 24.2. The molecule has 170 valence electrons. The van der Waals surface area contributed by atoms with Crippen LogP contribution in [-0.4, -0.2) is 34.2 Å². The van der Waals surface area contributed by atoms with E-state index in [2.05, 4.69) is 23.1 Å². The largest absolute Gasteiger partial charge is 0.497 e. The van der Waals surface area contributed by atoms with Crippen molar-refractivity contribution in [1.29, 1.82) is 0 Å². The Hall–Kier alpha value is -4.32. The normalized spacial score (nSPS) is 10.6. The number of hydrogen-bond donors (Lipinski definition) is 0. The topological polar surface area (TPSA) is 70.0 Å². The molecule has 0 fully saturated rings. The molecule has 6 heteroatoms. The van der Waals surface area contributed by atoms with Gasteiger partial charge in [0.15, 0.2) is 0 Å². The third kappa shape index (κ3) is 4.57. The molecule has 0 aliphatic heterocycles. The third-order valence-electron chi connectivity index (χ3n) is 5.49. The number of ether oxygens (including phenoxy) is 2. The number of aromatic nitrogens is 4. The lowest BCUT2D eigenvalue weighted by molar-refractivity contribution is 0.413. The van der Waals surface area contributed by atoms with Gasteiger partial charge in [0.05, 0.1) is 48.4 Å². The third-order valence-corrected chi connectivity index (χ3v) is 5.49. The van der Waals surface area contributed by atoms with Crippen LogP contribution in [0.5, 0.6) is 11.5 Å². The van der Waals surface area contributed by atoms with Crippen LogP contribution in [0.15, 0.2) is 61.9 Å². The van der Waals surface area contributed by atoms with Gasteiger partial charge in [-0.2, -0.15) is 0 Å². The molecule has 0 spiro atoms. The predicted molar refractivity (Wildman–Crippen MR) is 137 cm³/mol. The second-order valence-electron chi connectivity index (χ2n) is 7.83. The lowest BCUT2D eigenvalue weighted by atomic mass is 10.1. The first-order chi connectivity index (χ1) is 16.4. The monoisotopic (exact) mass is 450 g/mol. The Balaban J connectivity index is 1.87. The minimum absolute atomic E-state index is 0.642. The summed E-state index contributed by atoms with van der Waals surface area (Å²) in [5.41, 5.74) is 8.10. The SMILES string of the molecule is C=Cc1cnc(-c2cc(OC)cc(-c3cc(OC)cc(-c4ncc(C=C)cc4C)n3)n2)c(C)c1. The van der Waals surface area contributed by atoms with E-state index in [0.29, 0.717) is 34.3 Å². The van der Waals surface area contributed by atoms with Gasteiger partial charge in [-0.05, 0) is 48.2 Å². The molecule has 0 atom stereocenters. The zero-order valence-electron chi connectivity index (χ0n) is 19.8. The molecule has 34 heavy (non-hydrogen) atoms. The van der Waals surface area contributed by atoms with Crippen LogP contribution in [0.1, 0.15) is 22.3 Å². The first-order valence-corrected chi connectivity index (χ1v) is 10.8. The van der Waals surface area contributed by atoms with E-state index in [9.17, 15) is 0 Å². The van der Waals surface area contributed by atoms with Gasteiger partial charge < -0.3 is 9.47 Å². The summed E-state index contributed by atoms with van der Waals surface area (Å²) in [5.74, 6) is 1.31. The Morgan fingerprint density at radius 1 is 0.618 bits per heavy atom. The van der Waals surface area contributed by atoms with Gasteiger partial charge in [-0.1, -0.05) is 25.3 Å². The summed E-state index contributed by atoms with van der Waals surface area (Å²) in [7, 11) is 3.26. The van der Waals surface area contributed by atoms with Crippen molar-refractivity contribution in [2.45, 2.75) is 13.8 Å². The van der Waals surface area contributed by atoms with Crippen LogP contribution in [0.4, 0.5) is 0 Å². The van der Waals surface area contributed by atoms with Gasteiger partial charge in [0, 0.05) is 36.7 Å². The maximum absolute atomic E-state index is 5.57. The van der Waals surface area contributed by atoms with E-state index in [1.54, 1.807) is 38.8 Å². The van der Waals surface area contributed by atoms with E-state index >= 15 is 0 Å². The summed E-state index contributed by atoms with van der Waals surface area (Å²) >= 11 is 0. The number of hydrogen-bond acceptors (Lipinski definition) is 6. The second-order valence-corrected chi connectivity index (χ2v) is 7.83. The van der Waals surface area contributed by atoms with Crippen LogP contribution >= 0.6 is 0 Å². The first-order valence-electron chi connectivity index (χ1n) is 10.8. The molecular weight excluding hydrogens is 424 g/mol. The lowest BCUT2D eigenvalue weighted by Crippen LogP contribution is -1.99. The van der Waals surface area contributed by atoms with Crippen molar-refractivity contribution in [3.63, 3.8) is 0 Å². The second kappa shape index (κ2) is 9.67. The maximum atomic E-state index is 5.57. The molecule has 0 N–H and O–H groups in total. The smallest absolute Gasteiger partial charge is 0.123 e. The number of methoxy groups -OCH3 is 2. The molecule has 0 radical (unpaired) electrons. The fourth-order valence-electron chi connectivity index (χ4n) is 3.70. The highest BCUT2D eigenvalue weighted by molar-refractivity contribution is 5.71. The Labute approximate surface area is 199 Å². The van der Waals surface area contributed by atoms with Gasteiger partial charge in [0.2, 0.25) is 0 Å². The summed E-state index contributed by atoms with van der Waals surface area (Å²) in [6, 6.07) is 11.5. The summed E-state index contributed by atoms with van der Waals surface area (Å²) < 4.78 is 11.1. The first kappa shape index (κ1) is 22.9. The number of aryl methyl sites for hydroxylation is 2. The molecule has 6 nitrogen and oxygen atoms in total. The van der Waals surface area contributed by atoms with Gasteiger partial charge >= 0.3 is 0 Å². The lowest BCUT2D eigenvalue weighted by Gasteiger charge is -2.13. The van der Waals surface area contributed by atoms with Gasteiger partial charge in [-0.25, -0.2) is 9.97 Å². The molecule has 4 rings (SSSR count). The molecule has 4 heterocycles. The Morgan fingerprint density at radius 2 is 1.00 bits per heavy atom. The van der Waals surface area contributed by atoms with Gasteiger partial charge in [-0.15, -0.1) is 0 Å². The Morgan fingerprint density at radius 3 is 1.32 bits per heavy atom. The zero-order valence-corrected chi connectivity index (χ0v) is 19.8. The summed E-state index contributed by atoms with van der Waals surface area (Å²) in [6.45, 7) is 11.6. The fraction of sp³-hybridized carbons (Fsp3) is 0.143. The van der Waals surface area contributed by atoms with E-state index in [-0.39, 0.29) is 0 Å². The average Bonchev–Trinajstić information content (AvgIpc) is 2.87. The van der Waals surface area contributed by atoms with Gasteiger partial charge in [0.25, 0.3) is 0 Å². The van der Waals surface area contributed by atoms with E-state index in [1.165, 1.54) is 0 Å². The van der Waals surface area contributed by atoms with Crippen LogP contribution in [0, 0.1) is 13.8 Å². The van der Waals surface area contributed by atoms with Gasteiger partial charge in [-0.3, -0.25) is 9.97 Å². The Kier molecular flexibility index (Phi) is 6.50. The molecule has 0 aliphatic carbocycles. The number of nitrogens with zero attached hydrogens (tertiary/aromatic N) is 4. The van der Waals surface area contributed by atoms with E-state index in [0.717, 1.165) is 33.6 Å². The molecule has 0 aromatic carbocycles. The molecule has 0 unspecified atom stereocenters. The van der Waals surface area contributed by atoms with E-state index in [4.69, 9.17) is 19.4 Å². The molecule has 0 amide bonds. The quantitative estimate of drug-likeness (QED) is 0.334. The summed E-state index contributed by atoms with van der Waals surface area (Å²) in [4.78, 5) is 19.0. The van der Waals surface area contributed by atoms with Crippen molar-refractivity contribution in [2.75, 3.05) is 14.2 Å². The molecule has 4 aromatic heterocycles. The highest BCUT2D eigenvalue weighted by atomic mass is 16.5. The fourth-order valence-corrected chi connectivity index (χ4v) is 3.70. The van der Waals surface area contributed by atoms with Crippen LogP contribution in [0.3, 0.4) is 0 Å². The molecule has 4 aromatic rings. The Bertz CT molecular complexity index is 1290. The van der Waals surface area contributed by atoms with Crippen molar-refractivity contribution in [3.8, 4) is 45.7 Å². The minimum atomic E-state index is 0.642. The highest BCUT2D eigenvalue weighted by Crippen LogP contribution is 2.32. The maximum Gasteiger partial charge on any atom is 0.123 e. The van der Waals surface area contributed by atoms with Crippen LogP contribution in [0.2, 0.25) is 0 Å². The standard InChI is InChI=1S/C28H26N4O2/c1-7-19-9-17(3)27(29-15-19)25-13-21(33-5)11-23(31-25)24-12-22(34-6)14-26(32-24)28-18(4)10-20(8-2)16-30-28/h7-16H,1-2H2,3-6H3. The van der Waals surface area contributed by atoms with Crippen molar-refractivity contribution in [2.24, 2.45) is 0 Å². The van der Waals surface area contributed by atoms with Crippen LogP contribution in [-0.2, 0) is 0 Å². The van der Waals surface area contributed by atoms with Crippen molar-refractivity contribution in [1.82, 2.24) is 19.9 Å². The highest BCUT2D eigenvalue weighted by Gasteiger charge is 2.15. The van der Waals surface area contributed by atoms with Crippen molar-refractivity contribution < 1.29 is 9.47 Å².